The van der Waals surface area contributed by atoms with Crippen LogP contribution in [0.2, 0.25) is 0 Å². The van der Waals surface area contributed by atoms with Crippen LogP contribution in [0.3, 0.4) is 0 Å². The summed E-state index contributed by atoms with van der Waals surface area (Å²) < 4.78 is 12.4. The second-order valence-electron chi connectivity index (χ2n) is 7.78. The zero-order chi connectivity index (χ0) is 21.5. The minimum absolute atomic E-state index is 0.194. The fourth-order valence-electron chi connectivity index (χ4n) is 4.06. The molecule has 6 heteroatoms. The second kappa shape index (κ2) is 10.3. The van der Waals surface area contributed by atoms with Gasteiger partial charge in [-0.25, -0.2) is 0 Å². The summed E-state index contributed by atoms with van der Waals surface area (Å²) in [4.78, 5) is 26.3. The highest BCUT2D eigenvalue weighted by molar-refractivity contribution is 6.04. The number of anilines is 1. The number of aryl methyl sites for hydroxylation is 1. The van der Waals surface area contributed by atoms with E-state index in [9.17, 15) is 9.59 Å². The number of pyridine rings is 1. The lowest BCUT2D eigenvalue weighted by Gasteiger charge is -2.21. The van der Waals surface area contributed by atoms with Crippen LogP contribution in [0.4, 0.5) is 5.69 Å². The molecular weight excluding hydrogens is 380 g/mol. The van der Waals surface area contributed by atoms with Gasteiger partial charge in [0.05, 0.1) is 14.2 Å². The van der Waals surface area contributed by atoms with E-state index in [-0.39, 0.29) is 17.0 Å². The van der Waals surface area contributed by atoms with Crippen LogP contribution in [0.15, 0.2) is 29.1 Å². The molecule has 1 aromatic carbocycles. The number of hydrogen-bond donors (Lipinski definition) is 1. The van der Waals surface area contributed by atoms with E-state index in [0.717, 1.165) is 49.8 Å². The number of fused-ring (bicyclic) bond motifs is 1. The van der Waals surface area contributed by atoms with Gasteiger partial charge in [-0.1, -0.05) is 26.2 Å². The lowest BCUT2D eigenvalue weighted by atomic mass is 9.95. The molecule has 0 saturated carbocycles. The van der Waals surface area contributed by atoms with Crippen LogP contribution in [-0.4, -0.2) is 24.7 Å². The monoisotopic (exact) mass is 412 g/mol. The number of carbonyl (C=O) groups is 1. The summed E-state index contributed by atoms with van der Waals surface area (Å²) in [7, 11) is 3.11. The van der Waals surface area contributed by atoms with Gasteiger partial charge >= 0.3 is 0 Å². The summed E-state index contributed by atoms with van der Waals surface area (Å²) in [6.07, 6.45) is 8.33. The third kappa shape index (κ3) is 4.86. The van der Waals surface area contributed by atoms with Gasteiger partial charge in [0, 0.05) is 24.0 Å². The maximum absolute atomic E-state index is 13.3. The molecule has 0 aliphatic heterocycles. The number of unbranched alkanes of at least 4 members (excludes halogenated alkanes) is 1. The molecule has 0 unspecified atom stereocenters. The first kappa shape index (κ1) is 21.9. The molecule has 1 aliphatic rings. The van der Waals surface area contributed by atoms with Crippen LogP contribution in [0.25, 0.3) is 0 Å². The van der Waals surface area contributed by atoms with Gasteiger partial charge in [-0.3, -0.25) is 9.59 Å². The summed E-state index contributed by atoms with van der Waals surface area (Å²) in [6, 6.07) is 6.98. The van der Waals surface area contributed by atoms with Gasteiger partial charge < -0.3 is 19.4 Å². The lowest BCUT2D eigenvalue weighted by molar-refractivity contribution is 0.102. The van der Waals surface area contributed by atoms with E-state index in [4.69, 9.17) is 9.47 Å². The van der Waals surface area contributed by atoms with Crippen LogP contribution < -0.4 is 20.3 Å². The average molecular weight is 413 g/mol. The Hall–Kier alpha value is -2.76. The molecule has 0 fully saturated rings. The SMILES string of the molecule is CCCCn1c2c(cc(C(=O)Nc3ccc(OC)c(OC)c3)c1=O)CCCCCC2. The third-order valence-electron chi connectivity index (χ3n) is 5.72. The fraction of sp³-hybridized carbons (Fsp3) is 0.500. The average Bonchev–Trinajstić information content (AvgIpc) is 2.73. The van der Waals surface area contributed by atoms with E-state index < -0.39 is 0 Å². The van der Waals surface area contributed by atoms with E-state index in [1.165, 1.54) is 12.8 Å². The van der Waals surface area contributed by atoms with Crippen molar-refractivity contribution in [3.63, 3.8) is 0 Å². The van der Waals surface area contributed by atoms with Crippen LogP contribution in [0.5, 0.6) is 11.5 Å². The van der Waals surface area contributed by atoms with Crippen molar-refractivity contribution in [1.82, 2.24) is 4.57 Å². The van der Waals surface area contributed by atoms with Gasteiger partial charge in [0.2, 0.25) is 0 Å². The lowest BCUT2D eigenvalue weighted by Crippen LogP contribution is -2.33. The Morgan fingerprint density at radius 1 is 1.03 bits per heavy atom. The summed E-state index contributed by atoms with van der Waals surface area (Å²) in [5.74, 6) is 0.717. The molecule has 1 aromatic heterocycles. The number of hydrogen-bond acceptors (Lipinski definition) is 4. The van der Waals surface area contributed by atoms with Crippen LogP contribution in [0.1, 0.15) is 67.1 Å². The van der Waals surface area contributed by atoms with Gasteiger partial charge in [-0.2, -0.15) is 0 Å². The van der Waals surface area contributed by atoms with Crippen LogP contribution in [0, 0.1) is 0 Å². The molecule has 1 amide bonds. The molecule has 0 radical (unpaired) electrons. The Kier molecular flexibility index (Phi) is 7.55. The number of ether oxygens (including phenoxy) is 2. The number of benzene rings is 1. The molecule has 2 aromatic rings. The molecule has 3 rings (SSSR count). The summed E-state index contributed by atoms with van der Waals surface area (Å²) >= 11 is 0. The first-order chi connectivity index (χ1) is 14.6. The Morgan fingerprint density at radius 3 is 2.47 bits per heavy atom. The molecule has 1 N–H and O–H groups in total. The maximum Gasteiger partial charge on any atom is 0.263 e. The number of nitrogens with zero attached hydrogens (tertiary/aromatic N) is 1. The summed E-state index contributed by atoms with van der Waals surface area (Å²) in [5.41, 5.74) is 2.84. The smallest absolute Gasteiger partial charge is 0.263 e. The van der Waals surface area contributed by atoms with E-state index in [1.807, 2.05) is 10.6 Å². The number of nitrogens with one attached hydrogen (secondary N) is 1. The van der Waals surface area contributed by atoms with E-state index in [2.05, 4.69) is 12.2 Å². The van der Waals surface area contributed by atoms with E-state index in [0.29, 0.717) is 23.7 Å². The maximum atomic E-state index is 13.3. The predicted molar refractivity (Wildman–Crippen MR) is 119 cm³/mol. The summed E-state index contributed by atoms with van der Waals surface area (Å²) in [6.45, 7) is 2.78. The Morgan fingerprint density at radius 2 is 1.77 bits per heavy atom. The number of amides is 1. The number of aromatic nitrogens is 1. The molecule has 30 heavy (non-hydrogen) atoms. The van der Waals surface area contributed by atoms with E-state index >= 15 is 0 Å². The van der Waals surface area contributed by atoms with Gasteiger partial charge in [0.15, 0.2) is 11.5 Å². The highest BCUT2D eigenvalue weighted by atomic mass is 16.5. The van der Waals surface area contributed by atoms with Crippen LogP contribution in [-0.2, 0) is 19.4 Å². The minimum atomic E-state index is -0.387. The Labute approximate surface area is 178 Å². The standard InChI is InChI=1S/C24H32N2O4/c1-4-5-14-26-20-11-9-7-6-8-10-17(20)15-19(24(26)28)23(27)25-18-12-13-21(29-2)22(16-18)30-3/h12-13,15-16H,4-11,14H2,1-3H3,(H,25,27). The van der Waals surface area contributed by atoms with Gasteiger partial charge in [0.25, 0.3) is 11.5 Å². The van der Waals surface area contributed by atoms with Crippen molar-refractivity contribution >= 4 is 11.6 Å². The second-order valence-corrected chi connectivity index (χ2v) is 7.78. The number of methoxy groups -OCH3 is 2. The largest absolute Gasteiger partial charge is 0.493 e. The normalized spacial score (nSPS) is 13.7. The predicted octanol–water partition coefficient (Wildman–Crippen LogP) is 4.58. The number of carbonyl (C=O) groups excluding carboxylic acids is 1. The fourth-order valence-corrected chi connectivity index (χ4v) is 4.06. The van der Waals surface area contributed by atoms with Crippen molar-refractivity contribution in [3.05, 3.63) is 51.4 Å². The van der Waals surface area contributed by atoms with Crippen molar-refractivity contribution in [1.29, 1.82) is 0 Å². The molecular formula is C24H32N2O4. The first-order valence-corrected chi connectivity index (χ1v) is 10.9. The van der Waals surface area contributed by atoms with Gasteiger partial charge in [0.1, 0.15) is 5.56 Å². The van der Waals surface area contributed by atoms with Crippen molar-refractivity contribution in [2.45, 2.75) is 64.8 Å². The molecule has 0 atom stereocenters. The van der Waals surface area contributed by atoms with Crippen molar-refractivity contribution < 1.29 is 14.3 Å². The minimum Gasteiger partial charge on any atom is -0.493 e. The molecule has 6 nitrogen and oxygen atoms in total. The zero-order valence-corrected chi connectivity index (χ0v) is 18.3. The molecule has 0 bridgehead atoms. The third-order valence-corrected chi connectivity index (χ3v) is 5.72. The molecule has 162 valence electrons. The quantitative estimate of drug-likeness (QED) is 0.723. The van der Waals surface area contributed by atoms with Crippen molar-refractivity contribution in [2.75, 3.05) is 19.5 Å². The highest BCUT2D eigenvalue weighted by Gasteiger charge is 2.20. The van der Waals surface area contributed by atoms with Crippen molar-refractivity contribution in [3.8, 4) is 11.5 Å². The molecule has 1 aliphatic carbocycles. The highest BCUT2D eigenvalue weighted by Crippen LogP contribution is 2.30. The first-order valence-electron chi connectivity index (χ1n) is 10.9. The van der Waals surface area contributed by atoms with Gasteiger partial charge in [-0.05, 0) is 55.9 Å². The number of rotatable bonds is 7. The Bertz CT molecular complexity index is 949. The topological polar surface area (TPSA) is 69.6 Å². The Balaban J connectivity index is 1.97. The zero-order valence-electron chi connectivity index (χ0n) is 18.3. The molecule has 0 saturated heterocycles. The van der Waals surface area contributed by atoms with Gasteiger partial charge in [-0.15, -0.1) is 0 Å². The molecule has 1 heterocycles. The molecule has 0 spiro atoms. The van der Waals surface area contributed by atoms with E-state index in [1.54, 1.807) is 32.4 Å². The van der Waals surface area contributed by atoms with Crippen LogP contribution >= 0.6 is 0 Å². The van der Waals surface area contributed by atoms with Crippen molar-refractivity contribution in [2.24, 2.45) is 0 Å². The summed E-state index contributed by atoms with van der Waals surface area (Å²) in [5, 5.41) is 2.86.